The smallest absolute Gasteiger partial charge is 0.292 e. The number of nitrogens with zero attached hydrogens (tertiary/aromatic N) is 3. The summed E-state index contributed by atoms with van der Waals surface area (Å²) in [5.74, 6) is 5.17. The summed E-state index contributed by atoms with van der Waals surface area (Å²) in [7, 11) is 0. The van der Waals surface area contributed by atoms with Crippen molar-refractivity contribution in [3.63, 3.8) is 0 Å². The Morgan fingerprint density at radius 2 is 1.78 bits per heavy atom. The Labute approximate surface area is 137 Å². The van der Waals surface area contributed by atoms with Crippen molar-refractivity contribution in [2.24, 2.45) is 5.84 Å². The van der Waals surface area contributed by atoms with Gasteiger partial charge in [0, 0.05) is 5.02 Å². The highest BCUT2D eigenvalue weighted by molar-refractivity contribution is 6.30. The molecule has 0 amide bonds. The molecule has 23 heavy (non-hydrogen) atoms. The number of rotatable bonds is 2. The average molecular weight is 328 g/mol. The van der Waals surface area contributed by atoms with Crippen LogP contribution in [0.25, 0.3) is 5.69 Å². The first-order valence-corrected chi connectivity index (χ1v) is 7.29. The lowest BCUT2D eigenvalue weighted by atomic mass is 10.3. The van der Waals surface area contributed by atoms with Crippen LogP contribution in [0.2, 0.25) is 5.02 Å². The Morgan fingerprint density at radius 1 is 1.13 bits per heavy atom. The summed E-state index contributed by atoms with van der Waals surface area (Å²) < 4.78 is 1.29. The molecule has 0 atom stereocenters. The molecule has 2 bridgehead atoms. The molecule has 0 aliphatic heterocycles. The van der Waals surface area contributed by atoms with Gasteiger partial charge in [0.15, 0.2) is 0 Å². The van der Waals surface area contributed by atoms with Gasteiger partial charge in [0.2, 0.25) is 5.95 Å². The lowest BCUT2D eigenvalue weighted by Gasteiger charge is -2.04. The fourth-order valence-electron chi connectivity index (χ4n) is 2.19. The summed E-state index contributed by atoms with van der Waals surface area (Å²) in [4.78, 5) is 19.0. The molecule has 0 fully saturated rings. The highest BCUT2D eigenvalue weighted by Crippen LogP contribution is 2.27. The molecule has 0 saturated heterocycles. The van der Waals surface area contributed by atoms with Gasteiger partial charge in [0.1, 0.15) is 6.33 Å². The zero-order chi connectivity index (χ0) is 16.2. The van der Waals surface area contributed by atoms with E-state index in [-0.39, 0.29) is 5.95 Å². The number of nitrogen functional groups attached to an aromatic ring is 1. The topological polar surface area (TPSA) is 85.8 Å². The molecule has 1 heterocycles. The van der Waals surface area contributed by atoms with Crippen molar-refractivity contribution in [2.75, 3.05) is 5.43 Å². The molecule has 1 aromatic heterocycles. The van der Waals surface area contributed by atoms with Crippen molar-refractivity contribution < 1.29 is 0 Å². The van der Waals surface area contributed by atoms with Gasteiger partial charge < -0.3 is 0 Å². The van der Waals surface area contributed by atoms with Crippen LogP contribution in [-0.2, 0) is 0 Å². The van der Waals surface area contributed by atoms with Gasteiger partial charge in [-0.1, -0.05) is 35.9 Å². The molecule has 116 valence electrons. The van der Waals surface area contributed by atoms with E-state index in [4.69, 9.17) is 17.4 Å². The number of halogens is 1. The molecule has 2 aromatic rings. The van der Waals surface area contributed by atoms with E-state index in [1.54, 1.807) is 24.3 Å². The second kappa shape index (κ2) is 6.60. The number of fused-ring (bicyclic) bond motifs is 2. The van der Waals surface area contributed by atoms with Crippen LogP contribution in [0.4, 0.5) is 5.95 Å². The van der Waals surface area contributed by atoms with Crippen LogP contribution in [0.1, 0.15) is 6.42 Å². The van der Waals surface area contributed by atoms with Gasteiger partial charge >= 0.3 is 5.69 Å². The van der Waals surface area contributed by atoms with Crippen molar-refractivity contribution in [2.45, 2.75) is 6.42 Å². The standard InChI is InChI=1S/C9H8ClN5O.C7H6/c10-6-1-3-7(4-2-6)15-5-12-8(14-11)13-9(15)16;1-2-7-4-3-6(1)5-7/h1-5H,11H2,(H,13,14,16);1-4H,5H2. The zero-order valence-electron chi connectivity index (χ0n) is 12.1. The molecule has 0 unspecified atom stereocenters. The number of hydrogen-bond acceptors (Lipinski definition) is 5. The van der Waals surface area contributed by atoms with E-state index in [1.807, 2.05) is 0 Å². The third kappa shape index (κ3) is 3.56. The van der Waals surface area contributed by atoms with Crippen LogP contribution in [-0.4, -0.2) is 14.5 Å². The van der Waals surface area contributed by atoms with Crippen molar-refractivity contribution in [1.82, 2.24) is 14.5 Å². The zero-order valence-corrected chi connectivity index (χ0v) is 12.9. The third-order valence-electron chi connectivity index (χ3n) is 3.37. The van der Waals surface area contributed by atoms with E-state index < -0.39 is 5.69 Å². The van der Waals surface area contributed by atoms with Gasteiger partial charge in [-0.25, -0.2) is 15.6 Å². The number of anilines is 1. The Balaban J connectivity index is 0.000000183. The molecule has 0 spiro atoms. The van der Waals surface area contributed by atoms with Gasteiger partial charge in [0.25, 0.3) is 0 Å². The van der Waals surface area contributed by atoms with Crippen LogP contribution in [0.5, 0.6) is 0 Å². The molecule has 3 N–H and O–H groups in total. The maximum atomic E-state index is 11.6. The molecule has 0 saturated carbocycles. The molecule has 6 nitrogen and oxygen atoms in total. The minimum Gasteiger partial charge on any atom is -0.292 e. The predicted octanol–water partition coefficient (Wildman–Crippen LogP) is 2.38. The van der Waals surface area contributed by atoms with Gasteiger partial charge in [-0.2, -0.15) is 4.98 Å². The Kier molecular flexibility index (Phi) is 4.36. The summed E-state index contributed by atoms with van der Waals surface area (Å²) in [6, 6.07) is 6.75. The van der Waals surface area contributed by atoms with Crippen molar-refractivity contribution in [1.29, 1.82) is 0 Å². The first-order valence-electron chi connectivity index (χ1n) is 6.92. The molecular weight excluding hydrogens is 314 g/mol. The summed E-state index contributed by atoms with van der Waals surface area (Å²) in [5.41, 5.74) is 5.30. The van der Waals surface area contributed by atoms with Crippen LogP contribution < -0.4 is 17.0 Å². The number of hydrazine groups is 1. The van der Waals surface area contributed by atoms with Gasteiger partial charge in [0.05, 0.1) is 5.69 Å². The predicted molar refractivity (Wildman–Crippen MR) is 90.4 cm³/mol. The minimum atomic E-state index is -0.467. The highest BCUT2D eigenvalue weighted by Gasteiger charge is 2.07. The molecule has 1 aromatic carbocycles. The average Bonchev–Trinajstić information content (AvgIpc) is 3.22. The fraction of sp³-hybridized carbons (Fsp3) is 0.0625. The van der Waals surface area contributed by atoms with Crippen LogP contribution in [0, 0.1) is 0 Å². The Morgan fingerprint density at radius 3 is 2.22 bits per heavy atom. The number of allylic oxidation sites excluding steroid dienone is 6. The van der Waals surface area contributed by atoms with E-state index in [0.29, 0.717) is 10.7 Å². The third-order valence-corrected chi connectivity index (χ3v) is 3.62. The first kappa shape index (κ1) is 15.2. The maximum Gasteiger partial charge on any atom is 0.356 e. The normalized spacial score (nSPS) is 14.0. The van der Waals surface area contributed by atoms with Gasteiger partial charge in [-0.05, 0) is 41.8 Å². The van der Waals surface area contributed by atoms with E-state index >= 15 is 0 Å². The van der Waals surface area contributed by atoms with Crippen LogP contribution >= 0.6 is 11.6 Å². The lowest BCUT2D eigenvalue weighted by molar-refractivity contribution is 0.859. The molecule has 0 radical (unpaired) electrons. The van der Waals surface area contributed by atoms with E-state index in [2.05, 4.69) is 39.7 Å². The highest BCUT2D eigenvalue weighted by atomic mass is 35.5. The second-order valence-corrected chi connectivity index (χ2v) is 5.38. The lowest BCUT2D eigenvalue weighted by Crippen LogP contribution is -2.24. The van der Waals surface area contributed by atoms with Crippen molar-refractivity contribution in [3.8, 4) is 5.69 Å². The van der Waals surface area contributed by atoms with Crippen molar-refractivity contribution >= 4 is 17.5 Å². The minimum absolute atomic E-state index is 0.0789. The maximum absolute atomic E-state index is 11.6. The largest absolute Gasteiger partial charge is 0.356 e. The van der Waals surface area contributed by atoms with Crippen LogP contribution in [0.3, 0.4) is 0 Å². The summed E-state index contributed by atoms with van der Waals surface area (Å²) >= 11 is 5.74. The van der Waals surface area contributed by atoms with Gasteiger partial charge in [-0.3, -0.25) is 9.99 Å². The quantitative estimate of drug-likeness (QED) is 0.653. The summed E-state index contributed by atoms with van der Waals surface area (Å²) in [5, 5.41) is 0.595. The van der Waals surface area contributed by atoms with Crippen LogP contribution in [0.15, 0.2) is 70.8 Å². The molecule has 2 aliphatic rings. The van der Waals surface area contributed by atoms with Crippen molar-refractivity contribution in [3.05, 3.63) is 81.5 Å². The molecule has 4 rings (SSSR count). The number of hydrogen-bond donors (Lipinski definition) is 2. The van der Waals surface area contributed by atoms with E-state index in [0.717, 1.165) is 0 Å². The SMILES string of the molecule is C1=CC2=CC=C1C2.NNc1ncn(-c2ccc(Cl)cc2)c(=O)n1. The number of benzene rings is 1. The van der Waals surface area contributed by atoms with E-state index in [9.17, 15) is 4.79 Å². The monoisotopic (exact) mass is 327 g/mol. The number of nitrogens with one attached hydrogen (secondary N) is 1. The second-order valence-electron chi connectivity index (χ2n) is 4.95. The molecule has 2 aliphatic carbocycles. The number of nitrogens with two attached hydrogens (primary N) is 1. The molecule has 7 heteroatoms. The summed E-state index contributed by atoms with van der Waals surface area (Å²) in [6.07, 6.45) is 11.2. The molecular formula is C16H14ClN5O. The number of aromatic nitrogens is 3. The summed E-state index contributed by atoms with van der Waals surface area (Å²) in [6.45, 7) is 0. The van der Waals surface area contributed by atoms with E-state index in [1.165, 1.54) is 28.5 Å². The Hall–Kier alpha value is -2.70. The van der Waals surface area contributed by atoms with Gasteiger partial charge in [-0.15, -0.1) is 0 Å². The first-order chi connectivity index (χ1) is 11.2. The Bertz CT molecular complexity index is 845. The fourth-order valence-corrected chi connectivity index (χ4v) is 2.32.